The van der Waals surface area contributed by atoms with Crippen molar-refractivity contribution in [1.82, 2.24) is 0 Å². The van der Waals surface area contributed by atoms with Crippen LogP contribution in [0.2, 0.25) is 0 Å². The molecule has 0 aromatic rings. The molecule has 0 aliphatic rings. The van der Waals surface area contributed by atoms with Crippen LogP contribution in [-0.2, 0) is 30.6 Å². The Balaban J connectivity index is 0. The third-order valence-corrected chi connectivity index (χ3v) is 0. The summed E-state index contributed by atoms with van der Waals surface area (Å²) in [5, 5.41) is 0. The molecule has 0 aliphatic carbocycles. The van der Waals surface area contributed by atoms with E-state index in [1.165, 1.54) is 0 Å². The van der Waals surface area contributed by atoms with E-state index >= 15 is 0 Å². The predicted molar refractivity (Wildman–Crippen MR) is 5.54 cm³/mol. The van der Waals surface area contributed by atoms with E-state index in [0.29, 0.717) is 0 Å². The van der Waals surface area contributed by atoms with Gasteiger partial charge < -0.3 is 0 Å². The van der Waals surface area contributed by atoms with Crippen LogP contribution in [0.25, 0.3) is 0 Å². The molecule has 0 bridgehead atoms. The third kappa shape index (κ3) is 330. The molecule has 0 unspecified atom stereocenters. The Hall–Kier alpha value is 0.663. The molecule has 0 aliphatic heterocycles. The van der Waals surface area contributed by atoms with Crippen LogP contribution in [0.3, 0.4) is 0 Å². The topological polar surface area (TPSA) is 0 Å². The second-order valence-corrected chi connectivity index (χ2v) is 0.785. The Labute approximate surface area is 49.1 Å². The first kappa shape index (κ1) is 10.6. The van der Waals surface area contributed by atoms with Gasteiger partial charge in [-0.1, -0.05) is 0 Å². The van der Waals surface area contributed by atoms with Crippen LogP contribution >= 0.6 is 0 Å². The Bertz CT molecular complexity index is 17.3. The normalized spacial score (nSPS) is 9.57. The van der Waals surface area contributed by atoms with Gasteiger partial charge in [0.05, 0.1) is 0 Å². The van der Waals surface area contributed by atoms with Crippen LogP contribution in [0, 0.1) is 0 Å². The molecular formula is Co2F5. The molecule has 0 saturated heterocycles. The summed E-state index contributed by atoms with van der Waals surface area (Å²) in [6.07, 6.45) is 0. The Morgan fingerprint density at radius 2 is 1.00 bits per heavy atom. The predicted octanol–water partition coefficient (Wildman–Crippen LogP) is 2.10. The molecule has 7 heavy (non-hydrogen) atoms. The van der Waals surface area contributed by atoms with Gasteiger partial charge in [0.2, 0.25) is 0 Å². The van der Waals surface area contributed by atoms with Gasteiger partial charge in [-0.2, -0.15) is 0 Å². The van der Waals surface area contributed by atoms with Gasteiger partial charge in [0.25, 0.3) is 0 Å². The molecule has 0 heterocycles. The van der Waals surface area contributed by atoms with Crippen molar-refractivity contribution in [2.75, 3.05) is 0 Å². The van der Waals surface area contributed by atoms with E-state index in [1.807, 2.05) is 0 Å². The quantitative estimate of drug-likeness (QED) is 0.540. The SMILES string of the molecule is [F][Co]([F])[F].[F][Co][F]. The number of hydrogen-bond acceptors (Lipinski definition) is 0. The molecule has 0 fully saturated rings. The van der Waals surface area contributed by atoms with Gasteiger partial charge in [-0.3, -0.25) is 0 Å². The zero-order chi connectivity index (χ0) is 6.28. The van der Waals surface area contributed by atoms with Gasteiger partial charge in [-0.05, 0) is 0 Å². The van der Waals surface area contributed by atoms with Crippen molar-refractivity contribution in [3.8, 4) is 0 Å². The molecule has 0 nitrogen and oxygen atoms in total. The minimum atomic E-state index is -4.10. The molecule has 0 aromatic heterocycles. The molecule has 0 aromatic carbocycles. The Kier molecular flexibility index (Phi) is 14.9. The van der Waals surface area contributed by atoms with E-state index in [9.17, 15) is 17.9 Å². The van der Waals surface area contributed by atoms with Crippen molar-refractivity contribution < 1.29 is 48.5 Å². The van der Waals surface area contributed by atoms with Gasteiger partial charge in [0.15, 0.2) is 0 Å². The van der Waals surface area contributed by atoms with Crippen LogP contribution < -0.4 is 0 Å². The molecule has 0 atom stereocenters. The van der Waals surface area contributed by atoms with E-state index in [4.69, 9.17) is 0 Å². The first-order chi connectivity index (χ1) is 3.15. The Morgan fingerprint density at radius 1 is 1.00 bits per heavy atom. The zero-order valence-electron chi connectivity index (χ0n) is 2.56. The van der Waals surface area contributed by atoms with Gasteiger partial charge in [0.1, 0.15) is 0 Å². The molecule has 7 heteroatoms. The average molecular weight is 213 g/mol. The van der Waals surface area contributed by atoms with Gasteiger partial charge in [0, 0.05) is 0 Å². The summed E-state index contributed by atoms with van der Waals surface area (Å²) in [6.45, 7) is 0. The summed E-state index contributed by atoms with van der Waals surface area (Å²) in [7, 11) is 0. The van der Waals surface area contributed by atoms with Crippen LogP contribution in [-0.4, -0.2) is 0 Å². The van der Waals surface area contributed by atoms with Crippen LogP contribution in [0.15, 0.2) is 0 Å². The van der Waals surface area contributed by atoms with Crippen molar-refractivity contribution >= 4 is 0 Å². The van der Waals surface area contributed by atoms with E-state index in [1.54, 1.807) is 0 Å². The summed E-state index contributed by atoms with van der Waals surface area (Å²) in [5.41, 5.74) is 0. The molecule has 0 rings (SSSR count). The van der Waals surface area contributed by atoms with Gasteiger partial charge in [-0.15, -0.1) is 0 Å². The summed E-state index contributed by atoms with van der Waals surface area (Å²) >= 11 is -5.67. The molecular weight excluding hydrogens is 213 g/mol. The third-order valence-electron chi connectivity index (χ3n) is 0. The summed E-state index contributed by atoms with van der Waals surface area (Å²) < 4.78 is 48.4. The van der Waals surface area contributed by atoms with Crippen molar-refractivity contribution in [3.05, 3.63) is 0 Å². The van der Waals surface area contributed by atoms with Crippen molar-refractivity contribution in [3.63, 3.8) is 0 Å². The van der Waals surface area contributed by atoms with Crippen LogP contribution in [0.1, 0.15) is 0 Å². The van der Waals surface area contributed by atoms with Crippen molar-refractivity contribution in [2.45, 2.75) is 0 Å². The zero-order valence-corrected chi connectivity index (χ0v) is 4.64. The van der Waals surface area contributed by atoms with Crippen molar-refractivity contribution in [2.24, 2.45) is 0 Å². The monoisotopic (exact) mass is 213 g/mol. The van der Waals surface area contributed by atoms with Gasteiger partial charge in [-0.25, -0.2) is 0 Å². The van der Waals surface area contributed by atoms with Crippen LogP contribution in [0.5, 0.6) is 0 Å². The Morgan fingerprint density at radius 3 is 1.00 bits per heavy atom. The fraction of sp³-hybridized carbons (Fsp3) is 0. The fourth-order valence-electron chi connectivity index (χ4n) is 0. The maximum atomic E-state index is 9.73. The number of rotatable bonds is 0. The first-order valence-electron chi connectivity index (χ1n) is 0.630. The average Bonchev–Trinajstić information content (AvgIpc) is 1.33. The van der Waals surface area contributed by atoms with Crippen LogP contribution in [0.4, 0.5) is 17.9 Å². The van der Waals surface area contributed by atoms with Gasteiger partial charge >= 0.3 is 48.5 Å². The summed E-state index contributed by atoms with van der Waals surface area (Å²) in [4.78, 5) is 0. The number of hydrogen-bond donors (Lipinski definition) is 0. The molecule has 0 spiro atoms. The summed E-state index contributed by atoms with van der Waals surface area (Å²) in [5.74, 6) is 0. The maximum absolute atomic E-state index is 9.73. The minimum absolute atomic E-state index is 1.56. The summed E-state index contributed by atoms with van der Waals surface area (Å²) in [6, 6.07) is 0. The first-order valence-corrected chi connectivity index (χ1v) is 2.60. The second-order valence-electron chi connectivity index (χ2n) is 0.190. The molecule has 0 amide bonds. The molecule has 0 radical (unpaired) electrons. The van der Waals surface area contributed by atoms with E-state index in [-0.39, 0.29) is 0 Å². The second kappa shape index (κ2) is 9.83. The number of halogens is 5. The van der Waals surface area contributed by atoms with Crippen molar-refractivity contribution in [1.29, 1.82) is 0 Å². The van der Waals surface area contributed by atoms with E-state index in [0.717, 1.165) is 0 Å². The molecule has 53 valence electrons. The fourth-order valence-corrected chi connectivity index (χ4v) is 0. The standard InChI is InChI=1S/2Co.5FH/h;;5*1H/q+2;+3;;;;;/p-5. The van der Waals surface area contributed by atoms with E-state index < -0.39 is 30.6 Å². The van der Waals surface area contributed by atoms with E-state index in [2.05, 4.69) is 0 Å². The molecule has 0 N–H and O–H groups in total. The molecule has 0 saturated carbocycles.